The summed E-state index contributed by atoms with van der Waals surface area (Å²) in [6, 6.07) is -0.542. The number of carbonyl (C=O) groups excluding carboxylic acids is 2. The Morgan fingerprint density at radius 3 is 1.05 bits per heavy atom. The molecule has 0 spiro atoms. The molecule has 0 bridgehead atoms. The van der Waals surface area contributed by atoms with Crippen molar-refractivity contribution in [3.63, 3.8) is 0 Å². The fraction of sp³-hybridized carbons (Fsp3) is 0.910. The first-order chi connectivity index (χ1) is 36.0. The van der Waals surface area contributed by atoms with Crippen LogP contribution in [0.25, 0.3) is 0 Å². The number of ether oxygens (including phenoxy) is 1. The highest BCUT2D eigenvalue weighted by atomic mass is 16.5. The molecule has 0 saturated carbocycles. The molecule has 0 heterocycles. The van der Waals surface area contributed by atoms with E-state index in [1.54, 1.807) is 0 Å². The first-order valence-electron chi connectivity index (χ1n) is 33.1. The molecule has 0 radical (unpaired) electrons. The summed E-state index contributed by atoms with van der Waals surface area (Å²) >= 11 is 0. The minimum Gasteiger partial charge on any atom is -0.466 e. The summed E-state index contributed by atoms with van der Waals surface area (Å²) in [5.74, 6) is -0.0315. The van der Waals surface area contributed by atoms with Crippen LogP contribution in [-0.2, 0) is 14.3 Å². The SMILES string of the molecule is CCCCCC/C=C\C/C=C\CCCCCCCC(=O)OCCCCCCCCCCCCCCCCCCCCCCCCC(=O)NC(CO)C(O)CCCCCCCCCCCCCCCCCCCC. The second-order valence-electron chi connectivity index (χ2n) is 22.8. The Kier molecular flexibility index (Phi) is 61.4. The second-order valence-corrected chi connectivity index (χ2v) is 22.8. The topological polar surface area (TPSA) is 95.9 Å². The lowest BCUT2D eigenvalue weighted by Crippen LogP contribution is -2.45. The largest absolute Gasteiger partial charge is 0.466 e. The molecular formula is C67H129NO5. The Balaban J connectivity index is 3.38. The van der Waals surface area contributed by atoms with Gasteiger partial charge in [0.1, 0.15) is 0 Å². The number of hydrogen-bond donors (Lipinski definition) is 3. The van der Waals surface area contributed by atoms with Crippen LogP contribution in [0.1, 0.15) is 367 Å². The van der Waals surface area contributed by atoms with Gasteiger partial charge in [-0.3, -0.25) is 9.59 Å². The van der Waals surface area contributed by atoms with Crippen LogP contribution >= 0.6 is 0 Å². The van der Waals surface area contributed by atoms with E-state index in [4.69, 9.17) is 4.74 Å². The Labute approximate surface area is 456 Å². The fourth-order valence-electron chi connectivity index (χ4n) is 10.4. The zero-order valence-electron chi connectivity index (χ0n) is 49.4. The van der Waals surface area contributed by atoms with Gasteiger partial charge in [0.05, 0.1) is 25.4 Å². The van der Waals surface area contributed by atoms with E-state index in [-0.39, 0.29) is 18.5 Å². The molecule has 0 saturated heterocycles. The average Bonchev–Trinajstić information content (AvgIpc) is 3.39. The molecule has 73 heavy (non-hydrogen) atoms. The quantitative estimate of drug-likeness (QED) is 0.0320. The molecule has 1 amide bonds. The molecule has 2 unspecified atom stereocenters. The van der Waals surface area contributed by atoms with Crippen molar-refractivity contribution >= 4 is 11.9 Å². The number of nitrogens with one attached hydrogen (secondary N) is 1. The molecule has 0 aliphatic rings. The van der Waals surface area contributed by atoms with Crippen LogP contribution in [0.15, 0.2) is 24.3 Å². The Morgan fingerprint density at radius 2 is 0.685 bits per heavy atom. The Bertz CT molecular complexity index is 1140. The van der Waals surface area contributed by atoms with Crippen LogP contribution in [0.4, 0.5) is 0 Å². The van der Waals surface area contributed by atoms with Gasteiger partial charge in [0.15, 0.2) is 0 Å². The van der Waals surface area contributed by atoms with Crippen LogP contribution in [0, 0.1) is 0 Å². The number of aliphatic hydroxyl groups excluding tert-OH is 2. The number of carbonyl (C=O) groups is 2. The van der Waals surface area contributed by atoms with Gasteiger partial charge in [0.25, 0.3) is 0 Å². The number of esters is 1. The standard InChI is InChI=1S/C67H129NO5/c1-3-5-7-9-11-13-15-17-19-21-28-31-35-39-43-47-51-55-59-65(70)64(63-69)68-66(71)60-56-52-48-44-40-36-32-29-26-24-22-23-25-27-30-34-38-42-46-50-54-58-62-73-67(72)61-57-53-49-45-41-37-33-20-18-16-14-12-10-8-6-4-2/h14,16,20,33,64-65,69-70H,3-13,15,17-19,21-32,34-63H2,1-2H3,(H,68,71)/b16-14-,33-20-. The predicted octanol–water partition coefficient (Wildman–Crippen LogP) is 21.0. The molecule has 6 heteroatoms. The summed E-state index contributed by atoms with van der Waals surface area (Å²) in [6.45, 7) is 4.96. The third kappa shape index (κ3) is 59.4. The minimum atomic E-state index is -0.665. The maximum absolute atomic E-state index is 12.5. The molecule has 0 aromatic rings. The molecule has 0 aromatic heterocycles. The van der Waals surface area contributed by atoms with Crippen molar-refractivity contribution in [3.05, 3.63) is 24.3 Å². The lowest BCUT2D eigenvalue weighted by atomic mass is 10.0. The summed E-state index contributed by atoms with van der Waals surface area (Å²) in [4.78, 5) is 24.6. The van der Waals surface area contributed by atoms with Gasteiger partial charge < -0.3 is 20.3 Å². The van der Waals surface area contributed by atoms with E-state index >= 15 is 0 Å². The number of allylic oxidation sites excluding steroid dienone is 4. The number of aliphatic hydroxyl groups is 2. The highest BCUT2D eigenvalue weighted by Crippen LogP contribution is 2.18. The number of hydrogen-bond acceptors (Lipinski definition) is 5. The number of unbranched alkanes of at least 4 members (excludes halogenated alkanes) is 47. The zero-order valence-corrected chi connectivity index (χ0v) is 49.4. The van der Waals surface area contributed by atoms with E-state index < -0.39 is 12.1 Å². The Hall–Kier alpha value is -1.66. The molecule has 0 fully saturated rings. The van der Waals surface area contributed by atoms with Gasteiger partial charge in [-0.2, -0.15) is 0 Å². The van der Waals surface area contributed by atoms with Crippen molar-refractivity contribution in [2.45, 2.75) is 379 Å². The van der Waals surface area contributed by atoms with E-state index in [1.165, 1.54) is 283 Å². The van der Waals surface area contributed by atoms with Crippen LogP contribution in [-0.4, -0.2) is 47.4 Å². The molecule has 2 atom stereocenters. The van der Waals surface area contributed by atoms with Crippen LogP contribution in [0.5, 0.6) is 0 Å². The average molecular weight is 1030 g/mol. The lowest BCUT2D eigenvalue weighted by molar-refractivity contribution is -0.143. The van der Waals surface area contributed by atoms with Crippen LogP contribution < -0.4 is 5.32 Å². The predicted molar refractivity (Wildman–Crippen MR) is 320 cm³/mol. The third-order valence-electron chi connectivity index (χ3n) is 15.5. The van der Waals surface area contributed by atoms with Crippen molar-refractivity contribution in [1.82, 2.24) is 5.32 Å². The third-order valence-corrected chi connectivity index (χ3v) is 15.5. The summed E-state index contributed by atoms with van der Waals surface area (Å²) < 4.78 is 5.49. The van der Waals surface area contributed by atoms with E-state index in [9.17, 15) is 19.8 Å². The van der Waals surface area contributed by atoms with Gasteiger partial charge in [-0.1, -0.05) is 321 Å². The van der Waals surface area contributed by atoms with Crippen molar-refractivity contribution in [2.75, 3.05) is 13.2 Å². The van der Waals surface area contributed by atoms with Gasteiger partial charge in [-0.25, -0.2) is 0 Å². The second kappa shape index (κ2) is 62.9. The normalized spacial score (nSPS) is 12.7. The lowest BCUT2D eigenvalue weighted by Gasteiger charge is -2.22. The molecule has 3 N–H and O–H groups in total. The van der Waals surface area contributed by atoms with Gasteiger partial charge in [0, 0.05) is 12.8 Å². The molecule has 0 aliphatic carbocycles. The van der Waals surface area contributed by atoms with Gasteiger partial charge in [-0.15, -0.1) is 0 Å². The van der Waals surface area contributed by atoms with Crippen molar-refractivity contribution in [1.29, 1.82) is 0 Å². The van der Waals surface area contributed by atoms with Crippen molar-refractivity contribution < 1.29 is 24.5 Å². The molecule has 432 valence electrons. The van der Waals surface area contributed by atoms with Gasteiger partial charge in [-0.05, 0) is 57.8 Å². The van der Waals surface area contributed by atoms with Crippen molar-refractivity contribution in [2.24, 2.45) is 0 Å². The number of amides is 1. The summed E-state index contributed by atoms with van der Waals surface area (Å²) in [7, 11) is 0. The Morgan fingerprint density at radius 1 is 0.384 bits per heavy atom. The first-order valence-corrected chi connectivity index (χ1v) is 33.1. The van der Waals surface area contributed by atoms with Gasteiger partial charge >= 0.3 is 5.97 Å². The van der Waals surface area contributed by atoms with E-state index in [1.807, 2.05) is 0 Å². The van der Waals surface area contributed by atoms with E-state index in [2.05, 4.69) is 43.5 Å². The molecule has 6 nitrogen and oxygen atoms in total. The van der Waals surface area contributed by atoms with E-state index in [0.29, 0.717) is 25.9 Å². The van der Waals surface area contributed by atoms with Gasteiger partial charge in [0.2, 0.25) is 5.91 Å². The fourth-order valence-corrected chi connectivity index (χ4v) is 10.4. The van der Waals surface area contributed by atoms with Crippen LogP contribution in [0.3, 0.4) is 0 Å². The van der Waals surface area contributed by atoms with Crippen LogP contribution in [0.2, 0.25) is 0 Å². The van der Waals surface area contributed by atoms with E-state index in [0.717, 1.165) is 51.4 Å². The maximum Gasteiger partial charge on any atom is 0.305 e. The smallest absolute Gasteiger partial charge is 0.305 e. The molecule has 0 rings (SSSR count). The zero-order chi connectivity index (χ0) is 52.9. The molecular weight excluding hydrogens is 899 g/mol. The highest BCUT2D eigenvalue weighted by molar-refractivity contribution is 5.76. The summed E-state index contributed by atoms with van der Waals surface area (Å²) in [5.41, 5.74) is 0. The van der Waals surface area contributed by atoms with Crippen molar-refractivity contribution in [3.8, 4) is 0 Å². The first kappa shape index (κ1) is 71.3. The molecule has 0 aromatic carbocycles. The summed E-state index contributed by atoms with van der Waals surface area (Å²) in [6.07, 6.45) is 77.7. The monoisotopic (exact) mass is 1030 g/mol. The maximum atomic E-state index is 12.5. The number of rotatable bonds is 62. The minimum absolute atomic E-state index is 0.000521. The summed E-state index contributed by atoms with van der Waals surface area (Å²) in [5, 5.41) is 23.4. The molecule has 0 aliphatic heterocycles. The highest BCUT2D eigenvalue weighted by Gasteiger charge is 2.20.